The Labute approximate surface area is 104 Å². The highest BCUT2D eigenvalue weighted by atomic mass is 16.5. The largest absolute Gasteiger partial charge is 0.409 e. The van der Waals surface area contributed by atoms with Crippen LogP contribution in [-0.2, 0) is 11.3 Å². The highest BCUT2D eigenvalue weighted by molar-refractivity contribution is 6.07. The van der Waals surface area contributed by atoms with Crippen molar-refractivity contribution in [2.45, 2.75) is 32.7 Å². The number of rotatable bonds is 4. The lowest BCUT2D eigenvalue weighted by Crippen LogP contribution is -2.53. The summed E-state index contributed by atoms with van der Waals surface area (Å²) in [6.45, 7) is 2.05. The number of nitrogens with zero attached hydrogens (tertiary/aromatic N) is 2. The zero-order chi connectivity index (χ0) is 13.2. The third-order valence-electron chi connectivity index (χ3n) is 3.34. The highest BCUT2D eigenvalue weighted by Gasteiger charge is 2.48. The van der Waals surface area contributed by atoms with Crippen LogP contribution in [0.4, 0.5) is 0 Å². The van der Waals surface area contributed by atoms with Gasteiger partial charge in [-0.15, -0.1) is 0 Å². The number of oxime groups is 1. The first-order valence-corrected chi connectivity index (χ1v) is 5.77. The van der Waals surface area contributed by atoms with Crippen molar-refractivity contribution in [1.82, 2.24) is 10.5 Å². The summed E-state index contributed by atoms with van der Waals surface area (Å²) in [6, 6.07) is 1.75. The molecule has 1 aromatic rings. The zero-order valence-electron chi connectivity index (χ0n) is 10.1. The van der Waals surface area contributed by atoms with Crippen LogP contribution >= 0.6 is 0 Å². The Balaban J connectivity index is 1.99. The molecule has 7 heteroatoms. The van der Waals surface area contributed by atoms with Crippen molar-refractivity contribution in [1.29, 1.82) is 0 Å². The summed E-state index contributed by atoms with van der Waals surface area (Å²) in [4.78, 5) is 12.1. The highest BCUT2D eigenvalue weighted by Crippen LogP contribution is 2.41. The van der Waals surface area contributed by atoms with Crippen LogP contribution < -0.4 is 11.1 Å². The molecule has 4 N–H and O–H groups in total. The first-order valence-electron chi connectivity index (χ1n) is 5.77. The van der Waals surface area contributed by atoms with Gasteiger partial charge in [0.25, 0.3) is 0 Å². The molecule has 0 unspecified atom stereocenters. The molecule has 1 aromatic heterocycles. The van der Waals surface area contributed by atoms with Crippen LogP contribution in [0.2, 0.25) is 0 Å². The van der Waals surface area contributed by atoms with Crippen molar-refractivity contribution in [2.75, 3.05) is 0 Å². The summed E-state index contributed by atoms with van der Waals surface area (Å²) in [5.41, 5.74) is 5.49. The monoisotopic (exact) mass is 252 g/mol. The standard InChI is InChI=1S/C11H16N4O3/c1-7-5-8(18-15-7)6-13-10(16)11(3-2-4-11)9(12)14-17/h5,17H,2-4,6H2,1H3,(H2,12,14)(H,13,16). The maximum absolute atomic E-state index is 12.1. The third kappa shape index (κ3) is 2.03. The Morgan fingerprint density at radius 1 is 1.72 bits per heavy atom. The van der Waals surface area contributed by atoms with Crippen molar-refractivity contribution < 1.29 is 14.5 Å². The lowest BCUT2D eigenvalue weighted by atomic mass is 9.67. The Hall–Kier alpha value is -2.05. The summed E-state index contributed by atoms with van der Waals surface area (Å²) in [5.74, 6) is 0.313. The normalized spacial score (nSPS) is 18.2. The number of nitrogens with one attached hydrogen (secondary N) is 1. The van der Waals surface area contributed by atoms with Gasteiger partial charge in [0.15, 0.2) is 11.6 Å². The van der Waals surface area contributed by atoms with Crippen LogP contribution in [0.1, 0.15) is 30.7 Å². The lowest BCUT2D eigenvalue weighted by molar-refractivity contribution is -0.131. The van der Waals surface area contributed by atoms with Gasteiger partial charge in [0.05, 0.1) is 12.2 Å². The Morgan fingerprint density at radius 2 is 2.44 bits per heavy atom. The van der Waals surface area contributed by atoms with E-state index in [9.17, 15) is 4.79 Å². The molecule has 1 amide bonds. The zero-order valence-corrected chi connectivity index (χ0v) is 10.1. The topological polar surface area (TPSA) is 114 Å². The molecule has 1 aliphatic rings. The van der Waals surface area contributed by atoms with E-state index in [1.165, 1.54) is 0 Å². The predicted octanol–water partition coefficient (Wildman–Crippen LogP) is 0.516. The van der Waals surface area contributed by atoms with Crippen LogP contribution in [-0.4, -0.2) is 22.1 Å². The van der Waals surface area contributed by atoms with Gasteiger partial charge in [-0.2, -0.15) is 0 Å². The molecule has 98 valence electrons. The summed E-state index contributed by atoms with van der Waals surface area (Å²) < 4.78 is 4.99. The van der Waals surface area contributed by atoms with E-state index < -0.39 is 5.41 Å². The molecular weight excluding hydrogens is 236 g/mol. The number of amidine groups is 1. The Morgan fingerprint density at radius 3 is 2.89 bits per heavy atom. The second kappa shape index (κ2) is 4.67. The van der Waals surface area contributed by atoms with E-state index in [0.29, 0.717) is 18.6 Å². The summed E-state index contributed by atoms with van der Waals surface area (Å²) in [6.07, 6.45) is 2.10. The molecule has 1 heterocycles. The molecule has 1 aliphatic carbocycles. The first-order chi connectivity index (χ1) is 8.58. The van der Waals surface area contributed by atoms with Crippen molar-refractivity contribution in [3.63, 3.8) is 0 Å². The van der Waals surface area contributed by atoms with Crippen molar-refractivity contribution in [3.8, 4) is 0 Å². The van der Waals surface area contributed by atoms with Gasteiger partial charge >= 0.3 is 0 Å². The van der Waals surface area contributed by atoms with E-state index in [1.807, 2.05) is 0 Å². The van der Waals surface area contributed by atoms with Gasteiger partial charge in [0.1, 0.15) is 5.41 Å². The third-order valence-corrected chi connectivity index (χ3v) is 3.34. The van der Waals surface area contributed by atoms with Crippen LogP contribution in [0.15, 0.2) is 15.7 Å². The summed E-state index contributed by atoms with van der Waals surface area (Å²) >= 11 is 0. The smallest absolute Gasteiger partial charge is 0.234 e. The molecule has 0 bridgehead atoms. The van der Waals surface area contributed by atoms with Crippen LogP contribution in [0.5, 0.6) is 0 Å². The van der Waals surface area contributed by atoms with E-state index in [1.54, 1.807) is 13.0 Å². The van der Waals surface area contributed by atoms with E-state index in [0.717, 1.165) is 12.1 Å². The SMILES string of the molecule is Cc1cc(CNC(=O)C2(/C(N)=N/O)CCC2)on1. The molecule has 7 nitrogen and oxygen atoms in total. The van der Waals surface area contributed by atoms with Crippen molar-refractivity contribution in [2.24, 2.45) is 16.3 Å². The molecule has 0 saturated heterocycles. The van der Waals surface area contributed by atoms with Crippen LogP contribution in [0.25, 0.3) is 0 Å². The van der Waals surface area contributed by atoms with E-state index >= 15 is 0 Å². The van der Waals surface area contributed by atoms with E-state index in [2.05, 4.69) is 15.6 Å². The van der Waals surface area contributed by atoms with E-state index in [4.69, 9.17) is 15.5 Å². The molecule has 1 saturated carbocycles. The molecule has 0 radical (unpaired) electrons. The fourth-order valence-corrected chi connectivity index (χ4v) is 2.06. The minimum absolute atomic E-state index is 0.0278. The molecule has 2 rings (SSSR count). The predicted molar refractivity (Wildman–Crippen MR) is 62.8 cm³/mol. The minimum atomic E-state index is -0.857. The minimum Gasteiger partial charge on any atom is -0.409 e. The summed E-state index contributed by atoms with van der Waals surface area (Å²) in [5, 5.41) is 18.1. The number of aromatic nitrogens is 1. The van der Waals surface area contributed by atoms with Gasteiger partial charge in [-0.3, -0.25) is 4.79 Å². The number of amides is 1. The quantitative estimate of drug-likeness (QED) is 0.313. The second-order valence-electron chi connectivity index (χ2n) is 4.54. The number of aryl methyl sites for hydroxylation is 1. The number of carbonyl (C=O) groups excluding carboxylic acids is 1. The maximum Gasteiger partial charge on any atom is 0.234 e. The molecule has 0 atom stereocenters. The number of nitrogens with two attached hydrogens (primary N) is 1. The lowest BCUT2D eigenvalue weighted by Gasteiger charge is -2.38. The van der Waals surface area contributed by atoms with Crippen LogP contribution in [0.3, 0.4) is 0 Å². The summed E-state index contributed by atoms with van der Waals surface area (Å²) in [7, 11) is 0. The molecule has 18 heavy (non-hydrogen) atoms. The average Bonchev–Trinajstić information content (AvgIpc) is 2.70. The van der Waals surface area contributed by atoms with Crippen molar-refractivity contribution >= 4 is 11.7 Å². The van der Waals surface area contributed by atoms with Crippen LogP contribution in [0, 0.1) is 12.3 Å². The second-order valence-corrected chi connectivity index (χ2v) is 4.54. The fraction of sp³-hybridized carbons (Fsp3) is 0.545. The molecule has 0 aliphatic heterocycles. The Kier molecular flexibility index (Phi) is 3.22. The van der Waals surface area contributed by atoms with Gasteiger partial charge in [-0.1, -0.05) is 16.7 Å². The van der Waals surface area contributed by atoms with Gasteiger partial charge in [-0.25, -0.2) is 0 Å². The number of carbonyl (C=O) groups is 1. The average molecular weight is 252 g/mol. The van der Waals surface area contributed by atoms with E-state index in [-0.39, 0.29) is 18.3 Å². The molecule has 0 spiro atoms. The van der Waals surface area contributed by atoms with Crippen molar-refractivity contribution in [3.05, 3.63) is 17.5 Å². The van der Waals surface area contributed by atoms with Gasteiger partial charge in [0.2, 0.25) is 5.91 Å². The molecular formula is C11H16N4O3. The molecule has 0 aromatic carbocycles. The van der Waals surface area contributed by atoms with Gasteiger partial charge < -0.3 is 20.8 Å². The fourth-order valence-electron chi connectivity index (χ4n) is 2.06. The molecule has 1 fully saturated rings. The van der Waals surface area contributed by atoms with Gasteiger partial charge in [-0.05, 0) is 19.8 Å². The number of hydrogen-bond acceptors (Lipinski definition) is 5. The maximum atomic E-state index is 12.1. The number of hydrogen-bond donors (Lipinski definition) is 3. The van der Waals surface area contributed by atoms with Gasteiger partial charge in [0, 0.05) is 6.07 Å². The Bertz CT molecular complexity index is 476. The first kappa shape index (κ1) is 12.4.